The van der Waals surface area contributed by atoms with E-state index in [2.05, 4.69) is 5.32 Å². The zero-order chi connectivity index (χ0) is 23.6. The first-order valence-electron chi connectivity index (χ1n) is 11.9. The predicted molar refractivity (Wildman–Crippen MR) is 124 cm³/mol. The third-order valence-corrected chi connectivity index (χ3v) is 6.91. The minimum Gasteiger partial charge on any atom is -0.489 e. The van der Waals surface area contributed by atoms with Gasteiger partial charge in [0.05, 0.1) is 12.1 Å². The lowest BCUT2D eigenvalue weighted by atomic mass is 9.85. The number of ketones is 2. The van der Waals surface area contributed by atoms with E-state index in [-0.39, 0.29) is 36.6 Å². The maximum atomic E-state index is 14.1. The zero-order valence-corrected chi connectivity index (χ0v) is 19.2. The van der Waals surface area contributed by atoms with Crippen molar-refractivity contribution in [3.05, 3.63) is 64.7 Å². The number of piperidine rings is 1. The van der Waals surface area contributed by atoms with Crippen molar-refractivity contribution in [1.29, 1.82) is 0 Å². The van der Waals surface area contributed by atoms with Gasteiger partial charge in [-0.2, -0.15) is 0 Å². The van der Waals surface area contributed by atoms with Gasteiger partial charge in [0.2, 0.25) is 0 Å². The van der Waals surface area contributed by atoms with Crippen molar-refractivity contribution in [3.63, 3.8) is 0 Å². The lowest BCUT2D eigenvalue weighted by molar-refractivity contribution is -0.0764. The Labute approximate surface area is 193 Å². The number of rotatable bonds is 8. The molecule has 2 aliphatic heterocycles. The number of carbonyl (C=O) groups excluding carboxylic acids is 2. The van der Waals surface area contributed by atoms with Gasteiger partial charge >= 0.3 is 0 Å². The smallest absolute Gasteiger partial charge is 0.263 e. The Morgan fingerprint density at radius 1 is 1.15 bits per heavy atom. The fourth-order valence-corrected chi connectivity index (χ4v) is 5.09. The summed E-state index contributed by atoms with van der Waals surface area (Å²) in [7, 11) is 0. The van der Waals surface area contributed by atoms with E-state index in [0.29, 0.717) is 49.1 Å². The average molecular weight is 456 g/mol. The van der Waals surface area contributed by atoms with Crippen molar-refractivity contribution in [2.75, 3.05) is 13.1 Å². The van der Waals surface area contributed by atoms with Gasteiger partial charge in [-0.15, -0.1) is 0 Å². The van der Waals surface area contributed by atoms with Crippen LogP contribution in [0, 0.1) is 5.92 Å². The topological polar surface area (TPSA) is 55.4 Å². The molecule has 33 heavy (non-hydrogen) atoms. The summed E-state index contributed by atoms with van der Waals surface area (Å²) >= 11 is 0. The van der Waals surface area contributed by atoms with Crippen LogP contribution in [0.3, 0.4) is 0 Å². The molecule has 4 nitrogen and oxygen atoms in total. The van der Waals surface area contributed by atoms with Crippen molar-refractivity contribution in [3.8, 4) is 5.75 Å². The van der Waals surface area contributed by atoms with Crippen LogP contribution in [0.25, 0.3) is 0 Å². The summed E-state index contributed by atoms with van der Waals surface area (Å²) in [5, 5.41) is 2.74. The molecule has 6 heteroatoms. The summed E-state index contributed by atoms with van der Waals surface area (Å²) in [5.74, 6) is -3.13. The van der Waals surface area contributed by atoms with Gasteiger partial charge in [0.1, 0.15) is 11.9 Å². The molecule has 1 fully saturated rings. The summed E-state index contributed by atoms with van der Waals surface area (Å²) in [6, 6.07) is 13.4. The Kier molecular flexibility index (Phi) is 6.94. The van der Waals surface area contributed by atoms with Crippen LogP contribution in [-0.2, 0) is 0 Å². The molecule has 2 aliphatic rings. The number of carbonyl (C=O) groups is 2. The second kappa shape index (κ2) is 9.72. The van der Waals surface area contributed by atoms with Crippen LogP contribution in [-0.4, -0.2) is 36.7 Å². The highest BCUT2D eigenvalue weighted by Crippen LogP contribution is 2.45. The van der Waals surface area contributed by atoms with Crippen molar-refractivity contribution in [1.82, 2.24) is 5.32 Å². The van der Waals surface area contributed by atoms with Crippen LogP contribution < -0.4 is 10.1 Å². The number of ether oxygens (including phenoxy) is 1. The first kappa shape index (κ1) is 23.6. The van der Waals surface area contributed by atoms with Gasteiger partial charge in [-0.3, -0.25) is 9.59 Å². The molecule has 0 unspecified atom stereocenters. The molecule has 2 aromatic rings. The summed E-state index contributed by atoms with van der Waals surface area (Å²) in [5.41, 5.74) is 2.81. The molecule has 0 radical (unpaired) electrons. The van der Waals surface area contributed by atoms with Crippen LogP contribution in [0.5, 0.6) is 5.75 Å². The highest BCUT2D eigenvalue weighted by molar-refractivity contribution is 6.04. The Morgan fingerprint density at radius 3 is 2.61 bits per heavy atom. The summed E-state index contributed by atoms with van der Waals surface area (Å²) in [4.78, 5) is 25.8. The highest BCUT2D eigenvalue weighted by Gasteiger charge is 2.41. The summed E-state index contributed by atoms with van der Waals surface area (Å²) in [6.45, 7) is 4.05. The summed E-state index contributed by atoms with van der Waals surface area (Å²) < 4.78 is 34.3. The second-order valence-corrected chi connectivity index (χ2v) is 9.17. The predicted octanol–water partition coefficient (Wildman–Crippen LogP) is 5.79. The number of nitrogens with one attached hydrogen (secondary N) is 1. The first-order chi connectivity index (χ1) is 15.8. The molecule has 0 spiro atoms. The van der Waals surface area contributed by atoms with Gasteiger partial charge < -0.3 is 10.1 Å². The molecule has 176 valence electrons. The van der Waals surface area contributed by atoms with Crippen LogP contribution >= 0.6 is 0 Å². The molecule has 2 aromatic carbocycles. The molecule has 3 atom stereocenters. The number of fused-ring (bicyclic) bond motifs is 1. The quantitative estimate of drug-likeness (QED) is 0.512. The number of halogens is 2. The van der Waals surface area contributed by atoms with E-state index in [1.807, 2.05) is 43.3 Å². The van der Waals surface area contributed by atoms with E-state index in [9.17, 15) is 18.4 Å². The van der Waals surface area contributed by atoms with Gasteiger partial charge in [0.25, 0.3) is 5.92 Å². The van der Waals surface area contributed by atoms with E-state index < -0.39 is 11.8 Å². The van der Waals surface area contributed by atoms with Crippen LogP contribution in [0.1, 0.15) is 83.7 Å². The van der Waals surface area contributed by atoms with Gasteiger partial charge in [-0.05, 0) is 50.4 Å². The Bertz CT molecular complexity index is 1020. The number of hydrogen-bond acceptors (Lipinski definition) is 4. The maximum Gasteiger partial charge on any atom is 0.263 e. The number of Topliss-reactive ketones (excluding diaryl/α,β-unsaturated/α-hetero) is 2. The molecule has 2 heterocycles. The van der Waals surface area contributed by atoms with Crippen LogP contribution in [0.4, 0.5) is 8.78 Å². The monoisotopic (exact) mass is 455 g/mol. The van der Waals surface area contributed by atoms with Crippen molar-refractivity contribution in [2.24, 2.45) is 5.92 Å². The largest absolute Gasteiger partial charge is 0.489 e. The van der Waals surface area contributed by atoms with E-state index in [4.69, 9.17) is 4.74 Å². The Morgan fingerprint density at radius 2 is 1.91 bits per heavy atom. The first-order valence-corrected chi connectivity index (χ1v) is 11.9. The van der Waals surface area contributed by atoms with Crippen molar-refractivity contribution in [2.45, 2.75) is 63.9 Å². The van der Waals surface area contributed by atoms with Gasteiger partial charge in [0, 0.05) is 35.8 Å². The number of hydrogen-bond donors (Lipinski definition) is 1. The molecule has 1 saturated heterocycles. The third kappa shape index (κ3) is 4.86. The SMILES string of the molecule is CCC(=O)c1cc(C(=O)CCC[C@@H]2CCNCC2(F)F)cc2c1O[C@H](C)[C@H]2c1ccccc1. The second-order valence-electron chi connectivity index (χ2n) is 9.17. The number of alkyl halides is 2. The normalized spacial score (nSPS) is 23.6. The molecule has 0 aliphatic carbocycles. The fourth-order valence-electron chi connectivity index (χ4n) is 5.09. The molecule has 0 amide bonds. The van der Waals surface area contributed by atoms with Crippen molar-refractivity contribution >= 4 is 11.6 Å². The van der Waals surface area contributed by atoms with Gasteiger partial charge in [-0.1, -0.05) is 37.3 Å². The molecule has 0 aromatic heterocycles. The lowest BCUT2D eigenvalue weighted by Crippen LogP contribution is -2.45. The minimum atomic E-state index is -2.73. The lowest BCUT2D eigenvalue weighted by Gasteiger charge is -2.31. The Hall–Kier alpha value is -2.60. The van der Waals surface area contributed by atoms with E-state index in [1.165, 1.54) is 0 Å². The van der Waals surface area contributed by atoms with Gasteiger partial charge in [-0.25, -0.2) is 8.78 Å². The van der Waals surface area contributed by atoms with E-state index in [0.717, 1.165) is 11.1 Å². The van der Waals surface area contributed by atoms with E-state index >= 15 is 0 Å². The molecular weight excluding hydrogens is 424 g/mol. The van der Waals surface area contributed by atoms with Crippen LogP contribution in [0.2, 0.25) is 0 Å². The van der Waals surface area contributed by atoms with Gasteiger partial charge in [0.15, 0.2) is 11.6 Å². The highest BCUT2D eigenvalue weighted by atomic mass is 19.3. The third-order valence-electron chi connectivity index (χ3n) is 6.91. The van der Waals surface area contributed by atoms with Crippen molar-refractivity contribution < 1.29 is 23.1 Å². The molecule has 1 N–H and O–H groups in total. The number of benzene rings is 2. The molecule has 0 saturated carbocycles. The molecular formula is C27H31F2NO3. The maximum absolute atomic E-state index is 14.1. The average Bonchev–Trinajstić information content (AvgIpc) is 3.14. The standard InChI is InChI=1S/C27H31F2NO3/c1-3-23(31)21-14-19(24(32)11-7-10-20-12-13-30-16-27(20,28)29)15-22-25(17(2)33-26(21)22)18-8-5-4-6-9-18/h4-6,8-9,14-15,17,20,25,30H,3,7,10-13,16H2,1-2H3/t17-,20-,25+/m1/s1. The summed E-state index contributed by atoms with van der Waals surface area (Å²) in [6.07, 6.45) is 1.47. The Balaban J connectivity index is 1.58. The minimum absolute atomic E-state index is 0.0730. The van der Waals surface area contributed by atoms with E-state index in [1.54, 1.807) is 13.0 Å². The van der Waals surface area contributed by atoms with Crippen LogP contribution in [0.15, 0.2) is 42.5 Å². The zero-order valence-electron chi connectivity index (χ0n) is 19.2. The fraction of sp³-hybridized carbons (Fsp3) is 0.481. The molecule has 4 rings (SSSR count). The molecule has 0 bridgehead atoms.